The van der Waals surface area contributed by atoms with E-state index in [4.69, 9.17) is 4.74 Å². The molecule has 1 unspecified atom stereocenters. The topological polar surface area (TPSA) is 21.3 Å². The van der Waals surface area contributed by atoms with Crippen molar-refractivity contribution in [2.45, 2.75) is 12.8 Å². The first kappa shape index (κ1) is 12.7. The van der Waals surface area contributed by atoms with E-state index in [-0.39, 0.29) is 0 Å². The van der Waals surface area contributed by atoms with Crippen LogP contribution in [0.25, 0.3) is 0 Å². The van der Waals surface area contributed by atoms with Gasteiger partial charge in [-0.25, -0.2) is 0 Å². The second-order valence-corrected chi connectivity index (χ2v) is 4.34. The van der Waals surface area contributed by atoms with E-state index in [1.807, 2.05) is 6.07 Å². The largest absolute Gasteiger partial charge is 0.384 e. The zero-order valence-electron chi connectivity index (χ0n) is 9.29. The van der Waals surface area contributed by atoms with Crippen LogP contribution in [0.5, 0.6) is 0 Å². The number of halogens is 1. The fourth-order valence-electron chi connectivity index (χ4n) is 1.58. The van der Waals surface area contributed by atoms with E-state index in [2.05, 4.69) is 46.4 Å². The van der Waals surface area contributed by atoms with E-state index in [9.17, 15) is 0 Å². The lowest BCUT2D eigenvalue weighted by Crippen LogP contribution is -2.24. The van der Waals surface area contributed by atoms with Gasteiger partial charge in [-0.1, -0.05) is 41.1 Å². The normalized spacial score (nSPS) is 12.7. The molecule has 0 amide bonds. The molecule has 0 fully saturated rings. The molecule has 0 aromatic heterocycles. The van der Waals surface area contributed by atoms with Gasteiger partial charge in [0, 0.05) is 24.0 Å². The number of rotatable bonds is 6. The van der Waals surface area contributed by atoms with Crippen LogP contribution in [-0.4, -0.2) is 26.8 Å². The molecule has 1 N–H and O–H groups in total. The van der Waals surface area contributed by atoms with Gasteiger partial charge in [-0.3, -0.25) is 0 Å². The minimum absolute atomic E-state index is 0.408. The zero-order valence-corrected chi connectivity index (χ0v) is 10.9. The molecule has 15 heavy (non-hydrogen) atoms. The van der Waals surface area contributed by atoms with Crippen LogP contribution in [0.4, 0.5) is 0 Å². The van der Waals surface area contributed by atoms with Crippen molar-refractivity contribution in [2.24, 2.45) is 0 Å². The molecule has 0 aliphatic rings. The summed E-state index contributed by atoms with van der Waals surface area (Å²) in [4.78, 5) is 0. The molecule has 1 aromatic carbocycles. The molecule has 1 atom stereocenters. The van der Waals surface area contributed by atoms with E-state index in [1.165, 1.54) is 5.56 Å². The lowest BCUT2D eigenvalue weighted by molar-refractivity contribution is 0.178. The minimum atomic E-state index is 0.408. The Bertz CT molecular complexity index is 291. The van der Waals surface area contributed by atoms with Crippen LogP contribution in [0.2, 0.25) is 0 Å². The molecule has 3 heteroatoms. The quantitative estimate of drug-likeness (QED) is 0.859. The average molecular weight is 272 g/mol. The molecule has 0 spiro atoms. The highest BCUT2D eigenvalue weighted by atomic mass is 79.9. The standard InChI is InChI=1S/C12H18BrNO/c1-3-14-8-10(9-15-2)11-6-4-5-7-12(11)13/h4-7,10,14H,3,8-9H2,1-2H3. The van der Waals surface area contributed by atoms with Crippen LogP contribution >= 0.6 is 15.9 Å². The van der Waals surface area contributed by atoms with Crippen LogP contribution in [-0.2, 0) is 4.74 Å². The summed E-state index contributed by atoms with van der Waals surface area (Å²) >= 11 is 3.58. The second kappa shape index (κ2) is 6.99. The van der Waals surface area contributed by atoms with Gasteiger partial charge >= 0.3 is 0 Å². The van der Waals surface area contributed by atoms with Crippen LogP contribution in [0.15, 0.2) is 28.7 Å². The summed E-state index contributed by atoms with van der Waals surface area (Å²) in [6.07, 6.45) is 0. The summed E-state index contributed by atoms with van der Waals surface area (Å²) < 4.78 is 6.41. The summed E-state index contributed by atoms with van der Waals surface area (Å²) in [6, 6.07) is 8.31. The van der Waals surface area contributed by atoms with Gasteiger partial charge in [-0.05, 0) is 18.2 Å². The first-order valence-corrected chi connectivity index (χ1v) is 6.03. The third kappa shape index (κ3) is 3.93. The summed E-state index contributed by atoms with van der Waals surface area (Å²) in [5.74, 6) is 0.408. The van der Waals surface area contributed by atoms with Gasteiger partial charge in [0.15, 0.2) is 0 Å². The van der Waals surface area contributed by atoms with Crippen molar-refractivity contribution in [1.82, 2.24) is 5.32 Å². The van der Waals surface area contributed by atoms with Crippen molar-refractivity contribution in [3.05, 3.63) is 34.3 Å². The monoisotopic (exact) mass is 271 g/mol. The molecule has 1 aromatic rings. The highest BCUT2D eigenvalue weighted by molar-refractivity contribution is 9.10. The second-order valence-electron chi connectivity index (χ2n) is 3.48. The van der Waals surface area contributed by atoms with Crippen molar-refractivity contribution >= 4 is 15.9 Å². The molecule has 0 radical (unpaired) electrons. The summed E-state index contributed by atoms with van der Waals surface area (Å²) in [5, 5.41) is 3.36. The Morgan fingerprint density at radius 3 is 2.73 bits per heavy atom. The van der Waals surface area contributed by atoms with Gasteiger partial charge in [0.2, 0.25) is 0 Å². The van der Waals surface area contributed by atoms with Gasteiger partial charge in [0.25, 0.3) is 0 Å². The Morgan fingerprint density at radius 1 is 1.40 bits per heavy atom. The lowest BCUT2D eigenvalue weighted by Gasteiger charge is -2.18. The predicted octanol–water partition coefficient (Wildman–Crippen LogP) is 2.79. The molecular formula is C12H18BrNO. The molecule has 0 aliphatic heterocycles. The lowest BCUT2D eigenvalue weighted by atomic mass is 10.00. The molecule has 0 bridgehead atoms. The molecule has 0 heterocycles. The maximum Gasteiger partial charge on any atom is 0.0543 e. The first-order chi connectivity index (χ1) is 7.29. The van der Waals surface area contributed by atoms with Gasteiger partial charge in [0.05, 0.1) is 6.61 Å². The maximum absolute atomic E-state index is 5.25. The zero-order chi connectivity index (χ0) is 11.1. The van der Waals surface area contributed by atoms with Crippen LogP contribution in [0.3, 0.4) is 0 Å². The first-order valence-electron chi connectivity index (χ1n) is 5.23. The number of methoxy groups -OCH3 is 1. The number of hydrogen-bond acceptors (Lipinski definition) is 2. The van der Waals surface area contributed by atoms with Crippen LogP contribution in [0.1, 0.15) is 18.4 Å². The van der Waals surface area contributed by atoms with E-state index in [0.29, 0.717) is 5.92 Å². The minimum Gasteiger partial charge on any atom is -0.384 e. The Labute approximate surface area is 100 Å². The third-order valence-corrected chi connectivity index (χ3v) is 3.08. The summed E-state index contributed by atoms with van der Waals surface area (Å²) in [6.45, 7) is 4.80. The van der Waals surface area contributed by atoms with E-state index < -0.39 is 0 Å². The predicted molar refractivity (Wildman–Crippen MR) is 67.3 cm³/mol. The van der Waals surface area contributed by atoms with E-state index in [1.54, 1.807) is 7.11 Å². The highest BCUT2D eigenvalue weighted by Crippen LogP contribution is 2.24. The van der Waals surface area contributed by atoms with E-state index in [0.717, 1.165) is 24.2 Å². The smallest absolute Gasteiger partial charge is 0.0543 e. The van der Waals surface area contributed by atoms with Gasteiger partial charge in [-0.15, -0.1) is 0 Å². The fourth-order valence-corrected chi connectivity index (χ4v) is 2.19. The fraction of sp³-hybridized carbons (Fsp3) is 0.500. The van der Waals surface area contributed by atoms with Crippen LogP contribution in [0, 0.1) is 0 Å². The van der Waals surface area contributed by atoms with Gasteiger partial charge in [-0.2, -0.15) is 0 Å². The number of ether oxygens (including phenoxy) is 1. The Morgan fingerprint density at radius 2 is 2.13 bits per heavy atom. The molecule has 84 valence electrons. The molecule has 2 nitrogen and oxygen atoms in total. The Balaban J connectivity index is 2.74. The molecular weight excluding hydrogens is 254 g/mol. The molecule has 1 rings (SSSR count). The maximum atomic E-state index is 5.25. The number of benzene rings is 1. The van der Waals surface area contributed by atoms with Gasteiger partial charge < -0.3 is 10.1 Å². The highest BCUT2D eigenvalue weighted by Gasteiger charge is 2.13. The Hall–Kier alpha value is -0.380. The van der Waals surface area contributed by atoms with Crippen molar-refractivity contribution < 1.29 is 4.74 Å². The van der Waals surface area contributed by atoms with Crippen molar-refractivity contribution in [3.8, 4) is 0 Å². The van der Waals surface area contributed by atoms with E-state index >= 15 is 0 Å². The van der Waals surface area contributed by atoms with Crippen molar-refractivity contribution in [2.75, 3.05) is 26.8 Å². The number of nitrogens with one attached hydrogen (secondary N) is 1. The average Bonchev–Trinajstić information content (AvgIpc) is 2.25. The van der Waals surface area contributed by atoms with Crippen molar-refractivity contribution in [1.29, 1.82) is 0 Å². The van der Waals surface area contributed by atoms with Crippen molar-refractivity contribution in [3.63, 3.8) is 0 Å². The number of likely N-dealkylation sites (N-methyl/N-ethyl adjacent to an activating group) is 1. The van der Waals surface area contributed by atoms with Crippen LogP contribution < -0.4 is 5.32 Å². The SMILES string of the molecule is CCNCC(COC)c1ccccc1Br. The Kier molecular flexibility index (Phi) is 5.91. The number of hydrogen-bond donors (Lipinski definition) is 1. The molecule has 0 saturated heterocycles. The third-order valence-electron chi connectivity index (χ3n) is 2.35. The van der Waals surface area contributed by atoms with Gasteiger partial charge in [0.1, 0.15) is 0 Å². The molecule has 0 saturated carbocycles. The molecule has 0 aliphatic carbocycles. The summed E-state index contributed by atoms with van der Waals surface area (Å²) in [7, 11) is 1.75. The summed E-state index contributed by atoms with van der Waals surface area (Å²) in [5.41, 5.74) is 1.31.